The second-order valence-electron chi connectivity index (χ2n) is 11.4. The van der Waals surface area contributed by atoms with E-state index < -0.39 is 0 Å². The van der Waals surface area contributed by atoms with Gasteiger partial charge in [0.2, 0.25) is 0 Å². The minimum atomic E-state index is 0.333. The number of imidazole rings is 1. The number of rotatable bonds is 6. The molecule has 7 rings (SSSR count). The van der Waals surface area contributed by atoms with Gasteiger partial charge in [-0.1, -0.05) is 70.2 Å². The maximum atomic E-state index is 5.32. The highest BCUT2D eigenvalue weighted by Crippen LogP contribution is 2.42. The summed E-state index contributed by atoms with van der Waals surface area (Å²) in [6.07, 6.45) is 4.20. The maximum Gasteiger partial charge on any atom is 0.147 e. The Labute approximate surface area is 245 Å². The largest absolute Gasteiger partial charge is 0.324 e. The van der Waals surface area contributed by atoms with Crippen LogP contribution in [0.5, 0.6) is 0 Å². The molecule has 0 N–H and O–H groups in total. The summed E-state index contributed by atoms with van der Waals surface area (Å²) in [5.41, 5.74) is 10.9. The highest BCUT2D eigenvalue weighted by molar-refractivity contribution is 7.17. The first-order valence-corrected chi connectivity index (χ1v) is 15.2. The van der Waals surface area contributed by atoms with Crippen LogP contribution in [0.3, 0.4) is 0 Å². The molecule has 4 heteroatoms. The lowest BCUT2D eigenvalue weighted by Crippen LogP contribution is -2.09. The molecule has 0 unspecified atom stereocenters. The van der Waals surface area contributed by atoms with E-state index >= 15 is 0 Å². The van der Waals surface area contributed by atoms with Crippen LogP contribution in [0, 0.1) is 0 Å². The highest BCUT2D eigenvalue weighted by Gasteiger charge is 2.24. The molecule has 0 spiro atoms. The molecule has 0 radical (unpaired) electrons. The molecule has 3 nitrogen and oxygen atoms in total. The van der Waals surface area contributed by atoms with Gasteiger partial charge in [0.05, 0.1) is 16.7 Å². The van der Waals surface area contributed by atoms with Crippen LogP contribution in [0.1, 0.15) is 50.7 Å². The Morgan fingerprint density at radius 3 is 2.07 bits per heavy atom. The quantitative estimate of drug-likeness (QED) is 0.202. The van der Waals surface area contributed by atoms with Crippen molar-refractivity contribution in [1.82, 2.24) is 14.1 Å². The summed E-state index contributed by atoms with van der Waals surface area (Å²) in [6.45, 7) is 9.22. The van der Waals surface area contributed by atoms with Crippen LogP contribution in [0.4, 0.5) is 0 Å². The van der Waals surface area contributed by atoms with Crippen LogP contribution in [0.2, 0.25) is 0 Å². The van der Waals surface area contributed by atoms with E-state index in [-0.39, 0.29) is 0 Å². The summed E-state index contributed by atoms with van der Waals surface area (Å²) in [6, 6.07) is 35.0. The number of benzene rings is 4. The van der Waals surface area contributed by atoms with Crippen molar-refractivity contribution in [2.24, 2.45) is 0 Å². The van der Waals surface area contributed by atoms with E-state index in [1.54, 1.807) is 11.3 Å². The molecule has 4 aromatic carbocycles. The molecule has 0 saturated carbocycles. The van der Waals surface area contributed by atoms with Crippen LogP contribution in [-0.2, 0) is 0 Å². The van der Waals surface area contributed by atoms with Crippen molar-refractivity contribution in [3.63, 3.8) is 0 Å². The lowest BCUT2D eigenvalue weighted by molar-refractivity contribution is 0.812. The van der Waals surface area contributed by atoms with Gasteiger partial charge in [0.1, 0.15) is 5.82 Å². The Balaban J connectivity index is 1.54. The first kappa shape index (κ1) is 25.6. The third kappa shape index (κ3) is 4.39. The third-order valence-electron chi connectivity index (χ3n) is 8.00. The van der Waals surface area contributed by atoms with Crippen LogP contribution < -0.4 is 0 Å². The molecule has 0 saturated heterocycles. The second kappa shape index (κ2) is 10.2. The molecule has 0 aliphatic rings. The van der Waals surface area contributed by atoms with Crippen LogP contribution in [0.25, 0.3) is 55.0 Å². The molecule has 0 bridgehead atoms. The Bertz CT molecular complexity index is 1960. The van der Waals surface area contributed by atoms with Crippen molar-refractivity contribution in [2.45, 2.75) is 39.5 Å². The predicted molar refractivity (Wildman–Crippen MR) is 175 cm³/mol. The summed E-state index contributed by atoms with van der Waals surface area (Å²) < 4.78 is 5.88. The van der Waals surface area contributed by atoms with E-state index in [0.29, 0.717) is 11.8 Å². The number of hydrogen-bond acceptors (Lipinski definition) is 2. The molecule has 0 atom stereocenters. The topological polar surface area (TPSA) is 22.8 Å². The van der Waals surface area contributed by atoms with Gasteiger partial charge < -0.3 is 4.57 Å². The summed E-state index contributed by atoms with van der Waals surface area (Å²) in [4.78, 5) is 5.32. The fourth-order valence-electron chi connectivity index (χ4n) is 5.91. The second-order valence-corrected chi connectivity index (χ2v) is 12.3. The zero-order valence-corrected chi connectivity index (χ0v) is 24.7. The molecule has 3 aromatic heterocycles. The number of para-hydroxylation sites is 2. The predicted octanol–water partition coefficient (Wildman–Crippen LogP) is 10.6. The van der Waals surface area contributed by atoms with Crippen molar-refractivity contribution in [3.8, 4) is 33.9 Å². The van der Waals surface area contributed by atoms with Gasteiger partial charge in [-0.15, -0.1) is 11.3 Å². The number of fused-ring (bicyclic) bond motifs is 2. The Kier molecular flexibility index (Phi) is 6.36. The molecular weight excluding hydrogens is 518 g/mol. The molecular formula is C37H33N3S. The summed E-state index contributed by atoms with van der Waals surface area (Å²) in [5.74, 6) is 1.66. The fourth-order valence-corrected chi connectivity index (χ4v) is 6.83. The van der Waals surface area contributed by atoms with Gasteiger partial charge in [0.25, 0.3) is 0 Å². The molecule has 7 aromatic rings. The average Bonchev–Trinajstić information content (AvgIpc) is 3.75. The minimum Gasteiger partial charge on any atom is -0.324 e. The maximum absolute atomic E-state index is 5.32. The van der Waals surface area contributed by atoms with Gasteiger partial charge in [0, 0.05) is 39.1 Å². The number of nitrogens with zero attached hydrogens (tertiary/aromatic N) is 3. The van der Waals surface area contributed by atoms with E-state index in [1.165, 1.54) is 43.6 Å². The fraction of sp³-hybridized carbons (Fsp3) is 0.162. The zero-order chi connectivity index (χ0) is 28.1. The van der Waals surface area contributed by atoms with Crippen molar-refractivity contribution in [2.75, 3.05) is 0 Å². The molecule has 0 aliphatic carbocycles. The molecule has 202 valence electrons. The summed E-state index contributed by atoms with van der Waals surface area (Å²) in [5, 5.41) is 3.51. The van der Waals surface area contributed by atoms with E-state index in [9.17, 15) is 0 Å². The standard InChI is InChI=1S/C37H33N3S/c1-24(2)29-20-27(26-12-6-5-7-13-26)21-30(25(3)4)36(29)40-34-15-9-8-14-33(34)38-37(40)32-23-41-35-17-16-28(22-31(32)35)39-18-10-11-19-39/h5-25H,1-4H3. The van der Waals surface area contributed by atoms with Gasteiger partial charge in [0.15, 0.2) is 0 Å². The van der Waals surface area contributed by atoms with Crippen molar-refractivity contribution >= 4 is 32.5 Å². The van der Waals surface area contributed by atoms with Crippen molar-refractivity contribution < 1.29 is 0 Å². The smallest absolute Gasteiger partial charge is 0.147 e. The lowest BCUT2D eigenvalue weighted by Gasteiger charge is -2.24. The lowest BCUT2D eigenvalue weighted by atomic mass is 9.88. The van der Waals surface area contributed by atoms with E-state index in [2.05, 4.69) is 152 Å². The van der Waals surface area contributed by atoms with Crippen molar-refractivity contribution in [1.29, 1.82) is 0 Å². The Hall–Kier alpha value is -4.41. The first-order valence-electron chi connectivity index (χ1n) is 14.4. The Morgan fingerprint density at radius 1 is 0.683 bits per heavy atom. The number of thiophene rings is 1. The van der Waals surface area contributed by atoms with E-state index in [4.69, 9.17) is 4.98 Å². The van der Waals surface area contributed by atoms with Crippen molar-refractivity contribution in [3.05, 3.63) is 126 Å². The monoisotopic (exact) mass is 551 g/mol. The molecule has 3 heterocycles. The average molecular weight is 552 g/mol. The Morgan fingerprint density at radius 2 is 1.37 bits per heavy atom. The van der Waals surface area contributed by atoms with Gasteiger partial charge in [-0.05, 0) is 88.7 Å². The van der Waals surface area contributed by atoms with Gasteiger partial charge >= 0.3 is 0 Å². The first-order chi connectivity index (χ1) is 20.0. The molecule has 0 aliphatic heterocycles. The number of hydrogen-bond donors (Lipinski definition) is 0. The third-order valence-corrected chi connectivity index (χ3v) is 8.97. The zero-order valence-electron chi connectivity index (χ0n) is 23.9. The summed E-state index contributed by atoms with van der Waals surface area (Å²) in [7, 11) is 0. The molecule has 0 fully saturated rings. The summed E-state index contributed by atoms with van der Waals surface area (Å²) >= 11 is 1.79. The van der Waals surface area contributed by atoms with E-state index in [1.807, 2.05) is 0 Å². The van der Waals surface area contributed by atoms with Crippen LogP contribution in [-0.4, -0.2) is 14.1 Å². The SMILES string of the molecule is CC(C)c1cc(-c2ccccc2)cc(C(C)C)c1-n1c(-c2csc3ccc(-n4cccc4)cc23)nc2ccccc21. The van der Waals surface area contributed by atoms with Gasteiger partial charge in [-0.2, -0.15) is 0 Å². The number of aromatic nitrogens is 3. The van der Waals surface area contributed by atoms with Crippen LogP contribution in [0.15, 0.2) is 115 Å². The highest BCUT2D eigenvalue weighted by atomic mass is 32.1. The van der Waals surface area contributed by atoms with E-state index in [0.717, 1.165) is 22.5 Å². The van der Waals surface area contributed by atoms with Gasteiger partial charge in [-0.3, -0.25) is 4.57 Å². The molecule has 41 heavy (non-hydrogen) atoms. The molecule has 0 amide bonds. The normalized spacial score (nSPS) is 11.9. The van der Waals surface area contributed by atoms with Gasteiger partial charge in [-0.25, -0.2) is 4.98 Å². The van der Waals surface area contributed by atoms with Crippen LogP contribution >= 0.6 is 11.3 Å². The minimum absolute atomic E-state index is 0.333.